The van der Waals surface area contributed by atoms with Crippen LogP contribution in [0.2, 0.25) is 0 Å². The molecule has 8 heteroatoms. The minimum atomic E-state index is -2.88. The lowest BCUT2D eigenvalue weighted by Gasteiger charge is -2.38. The highest BCUT2D eigenvalue weighted by atomic mass is 19.3. The van der Waals surface area contributed by atoms with E-state index in [1.165, 1.54) is 6.07 Å². The first-order valence-electron chi connectivity index (χ1n) is 9.32. The molecule has 29 heavy (non-hydrogen) atoms. The van der Waals surface area contributed by atoms with Gasteiger partial charge in [0.1, 0.15) is 11.4 Å². The van der Waals surface area contributed by atoms with Crippen molar-refractivity contribution in [1.82, 2.24) is 9.88 Å². The van der Waals surface area contributed by atoms with E-state index < -0.39 is 23.4 Å². The SMILES string of the molecule is CN(Cc1cncc(-c2ccc(F)c(C(F)F)c2)c1)CC1(OC=O)CCOCC1. The number of alkyl halides is 2. The summed E-state index contributed by atoms with van der Waals surface area (Å²) < 4.78 is 50.3. The molecular formula is C21H23F3N2O3. The maximum absolute atomic E-state index is 13.6. The van der Waals surface area contributed by atoms with Crippen LogP contribution in [0.4, 0.5) is 13.2 Å². The number of likely N-dealkylation sites (N-methyl/N-ethyl adjacent to an activating group) is 1. The Kier molecular flexibility index (Phi) is 6.87. The second-order valence-corrected chi connectivity index (χ2v) is 7.30. The van der Waals surface area contributed by atoms with Crippen molar-refractivity contribution in [3.8, 4) is 11.1 Å². The molecule has 0 bridgehead atoms. The number of nitrogens with zero attached hydrogens (tertiary/aromatic N) is 2. The second kappa shape index (κ2) is 9.37. The number of carbonyl (C=O) groups is 1. The molecule has 3 rings (SSSR count). The van der Waals surface area contributed by atoms with E-state index in [4.69, 9.17) is 9.47 Å². The Morgan fingerprint density at radius 2 is 2.00 bits per heavy atom. The Labute approximate surface area is 167 Å². The summed E-state index contributed by atoms with van der Waals surface area (Å²) >= 11 is 0. The van der Waals surface area contributed by atoms with Crippen LogP contribution in [0.1, 0.15) is 30.4 Å². The van der Waals surface area contributed by atoms with Gasteiger partial charge in [-0.1, -0.05) is 6.07 Å². The molecule has 0 unspecified atom stereocenters. The summed E-state index contributed by atoms with van der Waals surface area (Å²) in [6.45, 7) is 2.61. The largest absolute Gasteiger partial charge is 0.460 e. The van der Waals surface area contributed by atoms with Crippen molar-refractivity contribution in [2.75, 3.05) is 26.8 Å². The highest BCUT2D eigenvalue weighted by molar-refractivity contribution is 5.64. The lowest BCUT2D eigenvalue weighted by Crippen LogP contribution is -2.47. The van der Waals surface area contributed by atoms with Crippen molar-refractivity contribution >= 4 is 6.47 Å². The average molecular weight is 408 g/mol. The van der Waals surface area contributed by atoms with Gasteiger partial charge in [-0.05, 0) is 36.4 Å². The summed E-state index contributed by atoms with van der Waals surface area (Å²) in [7, 11) is 1.91. The number of hydrogen-bond acceptors (Lipinski definition) is 5. The van der Waals surface area contributed by atoms with E-state index in [2.05, 4.69) is 4.98 Å². The molecule has 2 heterocycles. The predicted molar refractivity (Wildman–Crippen MR) is 101 cm³/mol. The number of halogens is 3. The third kappa shape index (κ3) is 5.33. The van der Waals surface area contributed by atoms with E-state index in [1.807, 2.05) is 18.0 Å². The minimum Gasteiger partial charge on any atom is -0.460 e. The van der Waals surface area contributed by atoms with Gasteiger partial charge in [0, 0.05) is 43.9 Å². The molecule has 0 amide bonds. The van der Waals surface area contributed by atoms with Crippen LogP contribution >= 0.6 is 0 Å². The zero-order valence-corrected chi connectivity index (χ0v) is 16.1. The number of hydrogen-bond donors (Lipinski definition) is 0. The highest BCUT2D eigenvalue weighted by Gasteiger charge is 2.35. The molecular weight excluding hydrogens is 385 g/mol. The van der Waals surface area contributed by atoms with Gasteiger partial charge >= 0.3 is 0 Å². The van der Waals surface area contributed by atoms with Gasteiger partial charge in [-0.3, -0.25) is 14.7 Å². The summed E-state index contributed by atoms with van der Waals surface area (Å²) in [5, 5.41) is 0. The second-order valence-electron chi connectivity index (χ2n) is 7.30. The molecule has 2 aromatic rings. The Balaban J connectivity index is 1.74. The summed E-state index contributed by atoms with van der Waals surface area (Å²) in [6, 6.07) is 5.49. The van der Waals surface area contributed by atoms with Crippen LogP contribution < -0.4 is 0 Å². The summed E-state index contributed by atoms with van der Waals surface area (Å²) in [4.78, 5) is 17.2. The molecule has 1 aromatic carbocycles. The molecule has 1 fully saturated rings. The number of pyridine rings is 1. The molecule has 0 saturated carbocycles. The molecule has 156 valence electrons. The normalized spacial score (nSPS) is 16.2. The molecule has 1 aliphatic heterocycles. The smallest absolute Gasteiger partial charge is 0.293 e. The lowest BCUT2D eigenvalue weighted by atomic mass is 9.93. The molecule has 0 N–H and O–H groups in total. The maximum atomic E-state index is 13.6. The number of rotatable bonds is 8. The fourth-order valence-corrected chi connectivity index (χ4v) is 3.64. The number of carbonyl (C=O) groups excluding carboxylic acids is 1. The van der Waals surface area contributed by atoms with Gasteiger partial charge in [0.2, 0.25) is 0 Å². The van der Waals surface area contributed by atoms with Crippen LogP contribution in [0, 0.1) is 5.82 Å². The Bertz CT molecular complexity index is 842. The number of aromatic nitrogens is 1. The van der Waals surface area contributed by atoms with E-state index in [9.17, 15) is 18.0 Å². The molecule has 1 aromatic heterocycles. The highest BCUT2D eigenvalue weighted by Crippen LogP contribution is 2.29. The van der Waals surface area contributed by atoms with Crippen molar-refractivity contribution in [1.29, 1.82) is 0 Å². The van der Waals surface area contributed by atoms with E-state index >= 15 is 0 Å². The quantitative estimate of drug-likeness (QED) is 0.619. The molecule has 5 nitrogen and oxygen atoms in total. The standard InChI is InChI=1S/C21H23F3N2O3/c1-26(13-21(29-14-27)4-6-28-7-5-21)12-15-8-17(11-25-10-15)16-2-3-19(22)18(9-16)20(23)24/h2-3,8-11,14,20H,4-7,12-13H2,1H3. The van der Waals surface area contributed by atoms with E-state index in [-0.39, 0.29) is 0 Å². The van der Waals surface area contributed by atoms with E-state index in [1.54, 1.807) is 12.4 Å². The monoisotopic (exact) mass is 408 g/mol. The van der Waals surface area contributed by atoms with Crippen LogP contribution in [-0.2, 0) is 20.8 Å². The van der Waals surface area contributed by atoms with Gasteiger partial charge < -0.3 is 9.47 Å². The summed E-state index contributed by atoms with van der Waals surface area (Å²) in [5.41, 5.74) is 0.758. The van der Waals surface area contributed by atoms with Crippen LogP contribution in [0.3, 0.4) is 0 Å². The van der Waals surface area contributed by atoms with Crippen molar-refractivity contribution in [3.63, 3.8) is 0 Å². The van der Waals surface area contributed by atoms with Crippen LogP contribution in [0.15, 0.2) is 36.7 Å². The van der Waals surface area contributed by atoms with Crippen LogP contribution in [0.5, 0.6) is 0 Å². The Morgan fingerprint density at radius 3 is 2.69 bits per heavy atom. The molecule has 0 radical (unpaired) electrons. The van der Waals surface area contributed by atoms with Crippen molar-refractivity contribution < 1.29 is 27.4 Å². The fraction of sp³-hybridized carbons (Fsp3) is 0.429. The predicted octanol–water partition coefficient (Wildman–Crippen LogP) is 3.98. The summed E-state index contributed by atoms with van der Waals surface area (Å²) in [6.07, 6.45) is 1.61. The van der Waals surface area contributed by atoms with E-state index in [0.717, 1.165) is 17.7 Å². The van der Waals surface area contributed by atoms with Crippen LogP contribution in [-0.4, -0.2) is 48.8 Å². The van der Waals surface area contributed by atoms with Crippen LogP contribution in [0.25, 0.3) is 11.1 Å². The van der Waals surface area contributed by atoms with Gasteiger partial charge in [-0.25, -0.2) is 13.2 Å². The van der Waals surface area contributed by atoms with Crippen molar-refractivity contribution in [3.05, 3.63) is 53.6 Å². The zero-order chi connectivity index (χ0) is 20.9. The minimum absolute atomic E-state index is 0.476. The molecule has 0 aliphatic carbocycles. The molecule has 1 saturated heterocycles. The lowest BCUT2D eigenvalue weighted by molar-refractivity contribution is -0.156. The Hall–Kier alpha value is -2.45. The third-order valence-electron chi connectivity index (χ3n) is 5.07. The molecule has 0 spiro atoms. The van der Waals surface area contributed by atoms with Gasteiger partial charge in [-0.15, -0.1) is 0 Å². The summed E-state index contributed by atoms with van der Waals surface area (Å²) in [5.74, 6) is -0.926. The first kappa shape index (κ1) is 21.3. The average Bonchev–Trinajstić information content (AvgIpc) is 2.69. The van der Waals surface area contributed by atoms with Gasteiger partial charge in [0.05, 0.1) is 18.8 Å². The van der Waals surface area contributed by atoms with Gasteiger partial charge in [0.15, 0.2) is 0 Å². The van der Waals surface area contributed by atoms with E-state index in [0.29, 0.717) is 56.7 Å². The van der Waals surface area contributed by atoms with Gasteiger partial charge in [0.25, 0.3) is 12.9 Å². The fourth-order valence-electron chi connectivity index (χ4n) is 3.64. The first-order chi connectivity index (χ1) is 13.9. The number of ether oxygens (including phenoxy) is 2. The van der Waals surface area contributed by atoms with Crippen molar-refractivity contribution in [2.24, 2.45) is 0 Å². The Morgan fingerprint density at radius 1 is 1.24 bits per heavy atom. The molecule has 1 aliphatic rings. The molecule has 0 atom stereocenters. The first-order valence-corrected chi connectivity index (χ1v) is 9.32. The third-order valence-corrected chi connectivity index (χ3v) is 5.07. The maximum Gasteiger partial charge on any atom is 0.293 e. The zero-order valence-electron chi connectivity index (χ0n) is 16.1. The number of benzene rings is 1. The topological polar surface area (TPSA) is 51.7 Å². The van der Waals surface area contributed by atoms with Crippen molar-refractivity contribution in [2.45, 2.75) is 31.4 Å². The van der Waals surface area contributed by atoms with Gasteiger partial charge in [-0.2, -0.15) is 0 Å².